The summed E-state index contributed by atoms with van der Waals surface area (Å²) < 4.78 is 39.3. The van der Waals surface area contributed by atoms with E-state index in [9.17, 15) is 13.2 Å². The van der Waals surface area contributed by atoms with Gasteiger partial charge in [0.05, 0.1) is 24.2 Å². The molecule has 1 aliphatic carbocycles. The number of rotatable bonds is 4. The molecule has 3 aliphatic rings. The van der Waals surface area contributed by atoms with Gasteiger partial charge in [0.2, 0.25) is 15.9 Å². The lowest BCUT2D eigenvalue weighted by molar-refractivity contribution is -0.137. The minimum Gasteiger partial charge on any atom is -0.490 e. The number of hydrogen-bond acceptors (Lipinski definition) is 5. The smallest absolute Gasteiger partial charge is 0.243 e. The van der Waals surface area contributed by atoms with Gasteiger partial charge in [-0.1, -0.05) is 24.3 Å². The summed E-state index contributed by atoms with van der Waals surface area (Å²) >= 11 is 0. The Morgan fingerprint density at radius 2 is 1.73 bits per heavy atom. The largest absolute Gasteiger partial charge is 0.490 e. The molecule has 2 aromatic carbocycles. The predicted molar refractivity (Wildman–Crippen MR) is 124 cm³/mol. The minimum absolute atomic E-state index is 0.109. The second-order valence-corrected chi connectivity index (χ2v) is 11.0. The number of carbonyl (C=O) groups excluding carboxylic acids is 1. The predicted octanol–water partition coefficient (Wildman–Crippen LogP) is 3.39. The third kappa shape index (κ3) is 4.22. The molecule has 0 aromatic heterocycles. The number of benzene rings is 2. The Kier molecular flexibility index (Phi) is 6.05. The highest BCUT2D eigenvalue weighted by Crippen LogP contribution is 2.37. The summed E-state index contributed by atoms with van der Waals surface area (Å²) in [5.41, 5.74) is 2.56. The minimum atomic E-state index is -3.66. The Morgan fingerprint density at radius 1 is 1.00 bits per heavy atom. The lowest BCUT2D eigenvalue weighted by atomic mass is 9.95. The first-order valence-electron chi connectivity index (χ1n) is 11.7. The van der Waals surface area contributed by atoms with Crippen LogP contribution in [0.1, 0.15) is 42.9 Å². The maximum absolute atomic E-state index is 13.3. The van der Waals surface area contributed by atoms with E-state index in [1.165, 1.54) is 15.4 Å². The molecular formula is C25H30N2O5S. The van der Waals surface area contributed by atoms with Crippen LogP contribution in [0.5, 0.6) is 11.5 Å². The summed E-state index contributed by atoms with van der Waals surface area (Å²) in [6.45, 7) is 1.73. The van der Waals surface area contributed by atoms with E-state index in [0.717, 1.165) is 19.3 Å². The zero-order valence-electron chi connectivity index (χ0n) is 18.9. The Bertz CT molecular complexity index is 1140. The number of ether oxygens (including phenoxy) is 2. The normalized spacial score (nSPS) is 21.3. The molecule has 2 aliphatic heterocycles. The summed E-state index contributed by atoms with van der Waals surface area (Å²) in [4.78, 5) is 15.3. The van der Waals surface area contributed by atoms with Crippen LogP contribution in [0.25, 0.3) is 0 Å². The number of sulfonamides is 1. The number of nitrogens with zero attached hydrogens (tertiary/aromatic N) is 2. The Morgan fingerprint density at radius 3 is 2.52 bits per heavy atom. The molecule has 2 aromatic rings. The van der Waals surface area contributed by atoms with Gasteiger partial charge in [0.15, 0.2) is 11.5 Å². The van der Waals surface area contributed by atoms with E-state index < -0.39 is 10.0 Å². The fourth-order valence-corrected chi connectivity index (χ4v) is 6.66. The summed E-state index contributed by atoms with van der Waals surface area (Å²) in [6, 6.07) is 13.2. The highest BCUT2D eigenvalue weighted by atomic mass is 32.2. The van der Waals surface area contributed by atoms with Crippen LogP contribution in [0.15, 0.2) is 47.4 Å². The summed E-state index contributed by atoms with van der Waals surface area (Å²) in [7, 11) is -1.77. The monoisotopic (exact) mass is 470 g/mol. The van der Waals surface area contributed by atoms with Crippen molar-refractivity contribution in [1.29, 1.82) is 0 Å². The first kappa shape index (κ1) is 22.2. The molecule has 0 spiro atoms. The lowest BCUT2D eigenvalue weighted by Gasteiger charge is -2.34. The van der Waals surface area contributed by atoms with E-state index in [0.29, 0.717) is 50.6 Å². The van der Waals surface area contributed by atoms with Gasteiger partial charge in [-0.05, 0) is 48.9 Å². The molecule has 5 rings (SSSR count). The molecule has 1 unspecified atom stereocenters. The number of fused-ring (bicyclic) bond motifs is 2. The SMILES string of the molecule is CN(C(=O)C1CCN(S(=O)(=O)c2ccc3c(c2)OCCCO3)CC1)C1CCc2ccccc21. The van der Waals surface area contributed by atoms with Gasteiger partial charge < -0.3 is 14.4 Å². The van der Waals surface area contributed by atoms with Crippen LogP contribution in [-0.4, -0.2) is 56.9 Å². The van der Waals surface area contributed by atoms with E-state index in [4.69, 9.17) is 9.47 Å². The Labute approximate surface area is 195 Å². The van der Waals surface area contributed by atoms with Crippen LogP contribution >= 0.6 is 0 Å². The zero-order chi connectivity index (χ0) is 23.0. The van der Waals surface area contributed by atoms with Crippen molar-refractivity contribution in [3.8, 4) is 11.5 Å². The van der Waals surface area contributed by atoms with Crippen molar-refractivity contribution in [2.75, 3.05) is 33.4 Å². The highest BCUT2D eigenvalue weighted by molar-refractivity contribution is 7.89. The molecule has 2 heterocycles. The maximum Gasteiger partial charge on any atom is 0.243 e. The first-order chi connectivity index (χ1) is 15.9. The van der Waals surface area contributed by atoms with Crippen LogP contribution in [0.2, 0.25) is 0 Å². The van der Waals surface area contributed by atoms with Gasteiger partial charge >= 0.3 is 0 Å². The van der Waals surface area contributed by atoms with Crippen LogP contribution in [0.4, 0.5) is 0 Å². The molecule has 176 valence electrons. The molecule has 1 fully saturated rings. The second-order valence-electron chi connectivity index (χ2n) is 9.04. The van der Waals surface area contributed by atoms with Gasteiger partial charge in [0.25, 0.3) is 0 Å². The fraction of sp³-hybridized carbons (Fsp3) is 0.480. The van der Waals surface area contributed by atoms with Crippen molar-refractivity contribution >= 4 is 15.9 Å². The molecule has 1 atom stereocenters. The molecule has 0 bridgehead atoms. The van der Waals surface area contributed by atoms with Crippen molar-refractivity contribution in [2.24, 2.45) is 5.92 Å². The van der Waals surface area contributed by atoms with E-state index in [2.05, 4.69) is 12.1 Å². The quantitative estimate of drug-likeness (QED) is 0.685. The molecule has 1 saturated heterocycles. The third-order valence-corrected chi connectivity index (χ3v) is 8.97. The molecule has 0 N–H and O–H groups in total. The summed E-state index contributed by atoms with van der Waals surface area (Å²) in [5.74, 6) is 1.01. The zero-order valence-corrected chi connectivity index (χ0v) is 19.7. The van der Waals surface area contributed by atoms with Crippen molar-refractivity contribution in [1.82, 2.24) is 9.21 Å². The van der Waals surface area contributed by atoms with Gasteiger partial charge in [-0.25, -0.2) is 8.42 Å². The number of carbonyl (C=O) groups is 1. The topological polar surface area (TPSA) is 76.2 Å². The number of aryl methyl sites for hydroxylation is 1. The molecule has 8 heteroatoms. The lowest BCUT2D eigenvalue weighted by Crippen LogP contribution is -2.44. The van der Waals surface area contributed by atoms with Crippen molar-refractivity contribution in [3.63, 3.8) is 0 Å². The summed E-state index contributed by atoms with van der Waals surface area (Å²) in [6.07, 6.45) is 3.76. The average molecular weight is 471 g/mol. The Balaban J connectivity index is 1.24. The maximum atomic E-state index is 13.3. The molecule has 0 radical (unpaired) electrons. The second kappa shape index (κ2) is 8.99. The number of hydrogen-bond donors (Lipinski definition) is 0. The molecular weight excluding hydrogens is 440 g/mol. The van der Waals surface area contributed by atoms with Crippen molar-refractivity contribution in [3.05, 3.63) is 53.6 Å². The van der Waals surface area contributed by atoms with Crippen LogP contribution < -0.4 is 9.47 Å². The highest BCUT2D eigenvalue weighted by Gasteiger charge is 2.36. The van der Waals surface area contributed by atoms with Gasteiger partial charge in [0.1, 0.15) is 0 Å². The number of amides is 1. The van der Waals surface area contributed by atoms with Crippen molar-refractivity contribution in [2.45, 2.75) is 43.0 Å². The van der Waals surface area contributed by atoms with E-state index in [-0.39, 0.29) is 22.8 Å². The van der Waals surface area contributed by atoms with Crippen LogP contribution in [-0.2, 0) is 21.2 Å². The van der Waals surface area contributed by atoms with Gasteiger partial charge in [0, 0.05) is 38.5 Å². The Hall–Kier alpha value is -2.58. The van der Waals surface area contributed by atoms with E-state index in [1.54, 1.807) is 18.2 Å². The molecule has 7 nitrogen and oxygen atoms in total. The molecule has 0 saturated carbocycles. The number of piperidine rings is 1. The van der Waals surface area contributed by atoms with Gasteiger partial charge in [-0.15, -0.1) is 0 Å². The molecule has 1 amide bonds. The van der Waals surface area contributed by atoms with E-state index >= 15 is 0 Å². The molecule has 33 heavy (non-hydrogen) atoms. The summed E-state index contributed by atoms with van der Waals surface area (Å²) in [5, 5.41) is 0. The van der Waals surface area contributed by atoms with Crippen LogP contribution in [0.3, 0.4) is 0 Å². The van der Waals surface area contributed by atoms with Crippen molar-refractivity contribution < 1.29 is 22.7 Å². The fourth-order valence-electron chi connectivity index (χ4n) is 5.17. The van der Waals surface area contributed by atoms with Gasteiger partial charge in [-0.2, -0.15) is 4.31 Å². The van der Waals surface area contributed by atoms with Crippen LogP contribution in [0, 0.1) is 5.92 Å². The van der Waals surface area contributed by atoms with Gasteiger partial charge in [-0.3, -0.25) is 4.79 Å². The van der Waals surface area contributed by atoms with E-state index in [1.807, 2.05) is 24.1 Å². The third-order valence-electron chi connectivity index (χ3n) is 7.08. The standard InChI is InChI=1S/C25H30N2O5S/c1-26(22-9-7-18-5-2-3-6-21(18)22)25(28)19-11-13-27(14-12-19)33(29,30)20-8-10-23-24(17-20)32-16-4-15-31-23/h2-3,5-6,8,10,17,19,22H,4,7,9,11-16H2,1H3. The average Bonchev–Trinajstić information content (AvgIpc) is 3.13. The first-order valence-corrected chi connectivity index (χ1v) is 13.1.